The molecule has 0 N–H and O–H groups in total. The Morgan fingerprint density at radius 3 is 2.59 bits per heavy atom. The van der Waals surface area contributed by atoms with Gasteiger partial charge < -0.3 is 14.3 Å². The zero-order valence-electron chi connectivity index (χ0n) is 22.7. The Hall–Kier alpha value is -3.08. The highest BCUT2D eigenvalue weighted by Crippen LogP contribution is 2.55. The van der Waals surface area contributed by atoms with Crippen molar-refractivity contribution in [2.45, 2.75) is 70.8 Å². The molecule has 1 spiro atoms. The van der Waals surface area contributed by atoms with Gasteiger partial charge in [0, 0.05) is 49.6 Å². The molecule has 4 aliphatic rings. The van der Waals surface area contributed by atoms with Crippen molar-refractivity contribution in [2.24, 2.45) is 16.7 Å². The molecule has 2 amide bonds. The third-order valence-electron chi connectivity index (χ3n) is 9.64. The predicted octanol–water partition coefficient (Wildman–Crippen LogP) is 4.10. The van der Waals surface area contributed by atoms with Gasteiger partial charge in [0.1, 0.15) is 10.9 Å². The molecular weight excluding hydrogens is 514 g/mol. The highest BCUT2D eigenvalue weighted by Gasteiger charge is 2.61. The van der Waals surface area contributed by atoms with Gasteiger partial charge in [0.25, 0.3) is 11.8 Å². The van der Waals surface area contributed by atoms with Gasteiger partial charge in [-0.1, -0.05) is 31.8 Å². The topological polar surface area (TPSA) is 110 Å². The number of amides is 2. The van der Waals surface area contributed by atoms with Gasteiger partial charge in [-0.3, -0.25) is 19.3 Å². The molecule has 5 heterocycles. The minimum atomic E-state index is -0.277. The van der Waals surface area contributed by atoms with Crippen molar-refractivity contribution in [3.63, 3.8) is 0 Å². The van der Waals surface area contributed by atoms with Crippen LogP contribution < -0.4 is 0 Å². The van der Waals surface area contributed by atoms with Crippen molar-refractivity contribution in [1.82, 2.24) is 34.7 Å². The Kier molecular flexibility index (Phi) is 5.73. The summed E-state index contributed by atoms with van der Waals surface area (Å²) in [6, 6.07) is 1.92. The first-order valence-electron chi connectivity index (χ1n) is 14.1. The van der Waals surface area contributed by atoms with Crippen LogP contribution in [0.1, 0.15) is 97.8 Å². The van der Waals surface area contributed by atoms with Crippen LogP contribution >= 0.6 is 11.3 Å². The van der Waals surface area contributed by atoms with E-state index in [9.17, 15) is 9.59 Å². The minimum Gasteiger partial charge on any atom is -0.341 e. The molecule has 0 aromatic carbocycles. The van der Waals surface area contributed by atoms with Crippen molar-refractivity contribution in [1.29, 1.82) is 0 Å². The van der Waals surface area contributed by atoms with Crippen LogP contribution in [-0.4, -0.2) is 72.7 Å². The molecule has 39 heavy (non-hydrogen) atoms. The molecule has 4 fully saturated rings. The molecule has 3 aromatic heterocycles. The monoisotopic (exact) mass is 549 g/mol. The summed E-state index contributed by atoms with van der Waals surface area (Å²) in [4.78, 5) is 39.8. The van der Waals surface area contributed by atoms with Gasteiger partial charge in [-0.25, -0.2) is 0 Å². The molecule has 2 saturated heterocycles. The summed E-state index contributed by atoms with van der Waals surface area (Å²) in [5.74, 6) is 1.87. The van der Waals surface area contributed by atoms with Gasteiger partial charge in [-0.05, 0) is 37.7 Å². The molecule has 11 heteroatoms. The van der Waals surface area contributed by atoms with Crippen LogP contribution in [0.25, 0.3) is 0 Å². The highest BCUT2D eigenvalue weighted by atomic mass is 32.1. The van der Waals surface area contributed by atoms with Crippen LogP contribution in [0.5, 0.6) is 0 Å². The lowest BCUT2D eigenvalue weighted by molar-refractivity contribution is -0.145. The average Bonchev–Trinajstić information content (AvgIpc) is 3.63. The van der Waals surface area contributed by atoms with Crippen molar-refractivity contribution in [3.05, 3.63) is 46.3 Å². The van der Waals surface area contributed by atoms with Crippen molar-refractivity contribution in [2.75, 3.05) is 26.2 Å². The molecule has 3 unspecified atom stereocenters. The second kappa shape index (κ2) is 8.97. The van der Waals surface area contributed by atoms with E-state index < -0.39 is 0 Å². The fourth-order valence-electron chi connectivity index (χ4n) is 6.93. The Bertz CT molecular complexity index is 1380. The van der Waals surface area contributed by atoms with E-state index in [0.717, 1.165) is 12.1 Å². The number of rotatable bonds is 6. The number of carbonyl (C=O) groups is 2. The maximum absolute atomic E-state index is 13.3. The SMILES string of the molecule is CC(c1nc(C2CN(C(=O)c3cncs3)CC23CN(C(=O)C2CC2(C)C)C3)no1)n1ccc(C2CCCC2)n1. The fourth-order valence-corrected chi connectivity index (χ4v) is 7.52. The number of carbonyl (C=O) groups excluding carboxylic acids is 2. The van der Waals surface area contributed by atoms with E-state index in [1.165, 1.54) is 37.0 Å². The first-order chi connectivity index (χ1) is 18.7. The van der Waals surface area contributed by atoms with Crippen LogP contribution in [0.3, 0.4) is 0 Å². The van der Waals surface area contributed by atoms with E-state index in [0.29, 0.717) is 48.7 Å². The summed E-state index contributed by atoms with van der Waals surface area (Å²) in [5, 5.41) is 9.27. The first kappa shape index (κ1) is 24.9. The predicted molar refractivity (Wildman–Crippen MR) is 143 cm³/mol. The van der Waals surface area contributed by atoms with Crippen LogP contribution in [0.15, 0.2) is 28.5 Å². The first-order valence-corrected chi connectivity index (χ1v) is 15.0. The largest absolute Gasteiger partial charge is 0.341 e. The Balaban J connectivity index is 1.12. The van der Waals surface area contributed by atoms with Gasteiger partial charge in [0.15, 0.2) is 5.82 Å². The van der Waals surface area contributed by atoms with E-state index in [2.05, 4.69) is 30.1 Å². The molecule has 0 bridgehead atoms. The van der Waals surface area contributed by atoms with Gasteiger partial charge in [0.05, 0.1) is 23.3 Å². The molecule has 3 atom stereocenters. The van der Waals surface area contributed by atoms with E-state index in [-0.39, 0.29) is 40.5 Å². The maximum atomic E-state index is 13.3. The number of nitrogens with zero attached hydrogens (tertiary/aromatic N) is 7. The second-order valence-corrected chi connectivity index (χ2v) is 13.7. The molecule has 2 aliphatic heterocycles. The van der Waals surface area contributed by atoms with E-state index in [4.69, 9.17) is 14.6 Å². The van der Waals surface area contributed by atoms with Gasteiger partial charge in [0.2, 0.25) is 5.91 Å². The summed E-state index contributed by atoms with van der Waals surface area (Å²) in [6.07, 6.45) is 9.51. The summed E-state index contributed by atoms with van der Waals surface area (Å²) >= 11 is 1.35. The smallest absolute Gasteiger partial charge is 0.265 e. The number of aromatic nitrogens is 5. The van der Waals surface area contributed by atoms with Crippen molar-refractivity contribution < 1.29 is 14.1 Å². The molecular formula is C28H35N7O3S. The standard InChI is InChI=1S/C28H35N7O3S/c1-17(35-9-8-21(31-35)18-6-4-5-7-18)24-30-23(32-38-24)20-12-33(26(37)22-11-29-16-39-22)13-28(20)14-34(15-28)25(36)19-10-27(19,2)3/h8-9,11,16-20H,4-7,10,12-15H2,1-3H3. The number of hydrogen-bond donors (Lipinski definition) is 0. The van der Waals surface area contributed by atoms with E-state index >= 15 is 0 Å². The molecule has 0 radical (unpaired) electrons. The quantitative estimate of drug-likeness (QED) is 0.455. The van der Waals surface area contributed by atoms with E-state index in [1.807, 2.05) is 27.6 Å². The van der Waals surface area contributed by atoms with Crippen LogP contribution in [0.4, 0.5) is 0 Å². The van der Waals surface area contributed by atoms with Crippen molar-refractivity contribution >= 4 is 23.2 Å². The van der Waals surface area contributed by atoms with Crippen LogP contribution in [0.2, 0.25) is 0 Å². The summed E-state index contributed by atoms with van der Waals surface area (Å²) in [7, 11) is 0. The van der Waals surface area contributed by atoms with Gasteiger partial charge in [-0.15, -0.1) is 11.3 Å². The van der Waals surface area contributed by atoms with Crippen LogP contribution in [0, 0.1) is 16.7 Å². The summed E-state index contributed by atoms with van der Waals surface area (Å²) in [5.41, 5.74) is 2.63. The Morgan fingerprint density at radius 1 is 1.15 bits per heavy atom. The molecule has 3 aromatic rings. The van der Waals surface area contributed by atoms with Crippen LogP contribution in [-0.2, 0) is 4.79 Å². The Morgan fingerprint density at radius 2 is 1.90 bits per heavy atom. The highest BCUT2D eigenvalue weighted by molar-refractivity contribution is 7.11. The zero-order chi connectivity index (χ0) is 26.9. The summed E-state index contributed by atoms with van der Waals surface area (Å²) < 4.78 is 7.71. The number of hydrogen-bond acceptors (Lipinski definition) is 8. The van der Waals surface area contributed by atoms with Crippen molar-refractivity contribution in [3.8, 4) is 0 Å². The van der Waals surface area contributed by atoms with Gasteiger partial charge in [-0.2, -0.15) is 10.1 Å². The fraction of sp³-hybridized carbons (Fsp3) is 0.643. The third kappa shape index (κ3) is 4.20. The second-order valence-electron chi connectivity index (χ2n) is 12.8. The molecule has 10 nitrogen and oxygen atoms in total. The number of likely N-dealkylation sites (tertiary alicyclic amines) is 2. The molecule has 2 aliphatic carbocycles. The zero-order valence-corrected chi connectivity index (χ0v) is 23.6. The minimum absolute atomic E-state index is 0.0273. The molecule has 206 valence electrons. The lowest BCUT2D eigenvalue weighted by Gasteiger charge is -2.50. The lowest BCUT2D eigenvalue weighted by Crippen LogP contribution is -2.62. The average molecular weight is 550 g/mol. The Labute approximate surface area is 231 Å². The third-order valence-corrected chi connectivity index (χ3v) is 10.4. The van der Waals surface area contributed by atoms with E-state index in [1.54, 1.807) is 11.7 Å². The summed E-state index contributed by atoms with van der Waals surface area (Å²) in [6.45, 7) is 8.60. The maximum Gasteiger partial charge on any atom is 0.265 e. The van der Waals surface area contributed by atoms with Gasteiger partial charge >= 0.3 is 0 Å². The lowest BCUT2D eigenvalue weighted by atomic mass is 9.71. The normalized spacial score (nSPS) is 26.2. The molecule has 2 saturated carbocycles. The molecule has 7 rings (SSSR count). The number of thiazole rings is 1.